The summed E-state index contributed by atoms with van der Waals surface area (Å²) in [6.45, 7) is 1.76. The summed E-state index contributed by atoms with van der Waals surface area (Å²) in [5, 5.41) is -0.139. The molecule has 0 aliphatic carbocycles. The molecule has 11 heteroatoms. The average Bonchev–Trinajstić information content (AvgIpc) is 3.09. The lowest BCUT2D eigenvalue weighted by atomic mass is 10.1. The van der Waals surface area contributed by atoms with Crippen LogP contribution in [0, 0.1) is 5.82 Å². The highest BCUT2D eigenvalue weighted by atomic mass is 35.5. The summed E-state index contributed by atoms with van der Waals surface area (Å²) >= 11 is 6.55. The van der Waals surface area contributed by atoms with Crippen LogP contribution in [0.15, 0.2) is 76.5 Å². The summed E-state index contributed by atoms with van der Waals surface area (Å²) < 4.78 is 50.2. The van der Waals surface area contributed by atoms with Crippen LogP contribution in [0.3, 0.4) is 0 Å². The fraction of sp³-hybridized carbons (Fsp3) is 0.120. The average molecular weight is 548 g/mol. The second kappa shape index (κ2) is 10.7. The van der Waals surface area contributed by atoms with Gasteiger partial charge in [0.25, 0.3) is 11.1 Å². The van der Waals surface area contributed by atoms with Gasteiger partial charge < -0.3 is 8.92 Å². The summed E-state index contributed by atoms with van der Waals surface area (Å²) in [6.07, 6.45) is 1.48. The summed E-state index contributed by atoms with van der Waals surface area (Å²) in [6, 6.07) is 15.9. The molecule has 0 aromatic heterocycles. The highest BCUT2D eigenvalue weighted by Gasteiger charge is 2.35. The molecule has 7 nitrogen and oxygen atoms in total. The Morgan fingerprint density at radius 3 is 2.44 bits per heavy atom. The molecular weight excluding hydrogens is 529 g/mol. The number of thioether (sulfide) groups is 1. The van der Waals surface area contributed by atoms with Crippen LogP contribution >= 0.6 is 23.4 Å². The number of halogens is 2. The van der Waals surface area contributed by atoms with E-state index in [1.807, 2.05) is 0 Å². The Kier molecular flexibility index (Phi) is 7.67. The monoisotopic (exact) mass is 547 g/mol. The Labute approximate surface area is 216 Å². The molecule has 0 saturated carbocycles. The molecule has 1 aliphatic rings. The van der Waals surface area contributed by atoms with Crippen LogP contribution in [0.5, 0.6) is 11.5 Å². The molecule has 1 heterocycles. The van der Waals surface area contributed by atoms with E-state index in [-0.39, 0.29) is 40.0 Å². The first-order valence-electron chi connectivity index (χ1n) is 10.6. The van der Waals surface area contributed by atoms with Crippen molar-refractivity contribution in [3.05, 3.63) is 93.6 Å². The number of benzene rings is 3. The molecule has 0 bridgehead atoms. The number of carbonyl (C=O) groups excluding carboxylic acids is 2. The van der Waals surface area contributed by atoms with Crippen LogP contribution in [0.2, 0.25) is 5.02 Å². The fourth-order valence-corrected chi connectivity index (χ4v) is 5.21. The number of carbonyl (C=O) groups is 2. The van der Waals surface area contributed by atoms with E-state index < -0.39 is 27.1 Å². The van der Waals surface area contributed by atoms with E-state index in [0.717, 1.165) is 16.7 Å². The molecule has 0 N–H and O–H groups in total. The minimum atomic E-state index is -4.16. The number of hydrogen-bond donors (Lipinski definition) is 0. The first-order valence-corrected chi connectivity index (χ1v) is 13.2. The van der Waals surface area contributed by atoms with Gasteiger partial charge in [-0.1, -0.05) is 35.9 Å². The Bertz CT molecular complexity index is 1460. The van der Waals surface area contributed by atoms with Crippen LogP contribution in [0.1, 0.15) is 18.1 Å². The van der Waals surface area contributed by atoms with Gasteiger partial charge in [0.2, 0.25) is 0 Å². The van der Waals surface area contributed by atoms with Gasteiger partial charge in [0.1, 0.15) is 10.7 Å². The maximum absolute atomic E-state index is 14.0. The predicted octanol–water partition coefficient (Wildman–Crippen LogP) is 5.88. The third-order valence-corrected chi connectivity index (χ3v) is 7.43. The summed E-state index contributed by atoms with van der Waals surface area (Å²) in [5.41, 5.74) is 0.703. The van der Waals surface area contributed by atoms with E-state index in [1.165, 1.54) is 66.7 Å². The Morgan fingerprint density at radius 1 is 1.03 bits per heavy atom. The van der Waals surface area contributed by atoms with Crippen molar-refractivity contribution in [3.63, 3.8) is 0 Å². The van der Waals surface area contributed by atoms with Crippen molar-refractivity contribution in [3.8, 4) is 11.5 Å². The second-order valence-electron chi connectivity index (χ2n) is 7.49. The van der Waals surface area contributed by atoms with Crippen molar-refractivity contribution in [1.82, 2.24) is 4.90 Å². The predicted molar refractivity (Wildman–Crippen MR) is 135 cm³/mol. The van der Waals surface area contributed by atoms with E-state index in [1.54, 1.807) is 13.0 Å². The second-order valence-corrected chi connectivity index (χ2v) is 10.5. The normalized spacial score (nSPS) is 15.0. The quantitative estimate of drug-likeness (QED) is 0.257. The van der Waals surface area contributed by atoms with Crippen molar-refractivity contribution in [1.29, 1.82) is 0 Å². The number of amides is 2. The summed E-state index contributed by atoms with van der Waals surface area (Å²) in [4.78, 5) is 26.3. The number of ether oxygens (including phenoxy) is 1. The van der Waals surface area contributed by atoms with Crippen molar-refractivity contribution < 1.29 is 31.3 Å². The van der Waals surface area contributed by atoms with Crippen LogP contribution in [0.25, 0.3) is 6.08 Å². The molecule has 2 amide bonds. The van der Waals surface area contributed by atoms with Gasteiger partial charge in [0.05, 0.1) is 18.1 Å². The van der Waals surface area contributed by atoms with Gasteiger partial charge in [-0.3, -0.25) is 14.5 Å². The van der Waals surface area contributed by atoms with Gasteiger partial charge in [-0.2, -0.15) is 8.42 Å². The van der Waals surface area contributed by atoms with Gasteiger partial charge in [0.15, 0.2) is 11.5 Å². The van der Waals surface area contributed by atoms with Crippen molar-refractivity contribution >= 4 is 50.7 Å². The van der Waals surface area contributed by atoms with Crippen molar-refractivity contribution in [2.45, 2.75) is 18.4 Å². The standard InChI is InChI=1S/C25H19ClFNO6S2/c1-2-33-22-13-16(7-12-21(22)34-36(31,32)19-10-8-18(26)9-11-19)14-23-24(29)28(25(30)35-23)15-17-5-3-4-6-20(17)27/h3-14H,2,15H2,1H3/b23-14-. The Morgan fingerprint density at radius 2 is 1.75 bits per heavy atom. The van der Waals surface area contributed by atoms with E-state index in [9.17, 15) is 22.4 Å². The van der Waals surface area contributed by atoms with E-state index in [0.29, 0.717) is 10.6 Å². The first kappa shape index (κ1) is 25.7. The third-order valence-electron chi connectivity index (χ3n) is 5.03. The van der Waals surface area contributed by atoms with Crippen LogP contribution in [-0.4, -0.2) is 31.1 Å². The van der Waals surface area contributed by atoms with Crippen LogP contribution in [0.4, 0.5) is 9.18 Å². The highest BCUT2D eigenvalue weighted by Crippen LogP contribution is 2.36. The maximum Gasteiger partial charge on any atom is 0.339 e. The molecule has 1 aliphatic heterocycles. The smallest absolute Gasteiger partial charge is 0.339 e. The third kappa shape index (κ3) is 5.72. The zero-order valence-corrected chi connectivity index (χ0v) is 21.2. The zero-order valence-electron chi connectivity index (χ0n) is 18.8. The molecule has 1 fully saturated rings. The van der Waals surface area contributed by atoms with Gasteiger partial charge >= 0.3 is 10.1 Å². The summed E-state index contributed by atoms with van der Waals surface area (Å²) in [7, 11) is -4.16. The van der Waals surface area contributed by atoms with Gasteiger partial charge in [-0.15, -0.1) is 0 Å². The molecule has 186 valence electrons. The number of hydrogen-bond acceptors (Lipinski definition) is 7. The van der Waals surface area contributed by atoms with Gasteiger partial charge in [-0.25, -0.2) is 4.39 Å². The minimum Gasteiger partial charge on any atom is -0.490 e. The fourth-order valence-electron chi connectivity index (χ4n) is 3.30. The number of nitrogens with zero attached hydrogens (tertiary/aromatic N) is 1. The molecule has 0 atom stereocenters. The molecule has 4 rings (SSSR count). The molecular formula is C25H19ClFNO6S2. The SMILES string of the molecule is CCOc1cc(/C=C2\SC(=O)N(Cc3ccccc3F)C2=O)ccc1OS(=O)(=O)c1ccc(Cl)cc1. The topological polar surface area (TPSA) is 90.0 Å². The van der Waals surface area contributed by atoms with Crippen molar-refractivity contribution in [2.75, 3.05) is 6.61 Å². The summed E-state index contributed by atoms with van der Waals surface area (Å²) in [5.74, 6) is -0.978. The molecule has 36 heavy (non-hydrogen) atoms. The zero-order chi connectivity index (χ0) is 25.9. The van der Waals surface area contributed by atoms with Gasteiger partial charge in [0, 0.05) is 10.6 Å². The lowest BCUT2D eigenvalue weighted by Gasteiger charge is -2.13. The molecule has 3 aromatic rings. The molecule has 1 saturated heterocycles. The highest BCUT2D eigenvalue weighted by molar-refractivity contribution is 8.18. The largest absolute Gasteiger partial charge is 0.490 e. The first-order chi connectivity index (χ1) is 17.2. The van der Waals surface area contributed by atoms with E-state index in [2.05, 4.69) is 0 Å². The number of rotatable bonds is 8. The Hall–Kier alpha value is -3.34. The number of imide groups is 1. The molecule has 3 aromatic carbocycles. The maximum atomic E-state index is 14.0. The van der Waals surface area contributed by atoms with E-state index in [4.69, 9.17) is 20.5 Å². The molecule has 0 radical (unpaired) electrons. The Balaban J connectivity index is 1.58. The van der Waals surface area contributed by atoms with Crippen LogP contribution in [-0.2, 0) is 21.5 Å². The minimum absolute atomic E-state index is 0.0448. The lowest BCUT2D eigenvalue weighted by molar-refractivity contribution is -0.123. The van der Waals surface area contributed by atoms with Crippen molar-refractivity contribution in [2.24, 2.45) is 0 Å². The van der Waals surface area contributed by atoms with Gasteiger partial charge in [-0.05, 0) is 72.8 Å². The molecule has 0 unspecified atom stereocenters. The lowest BCUT2D eigenvalue weighted by Crippen LogP contribution is -2.27. The van der Waals surface area contributed by atoms with Crippen LogP contribution < -0.4 is 8.92 Å². The molecule has 0 spiro atoms. The van der Waals surface area contributed by atoms with E-state index >= 15 is 0 Å².